The Hall–Kier alpha value is -0.760. The number of nitrogens with one attached hydrogen (secondary N) is 1. The molecule has 0 atom stereocenters. The van der Waals surface area contributed by atoms with Gasteiger partial charge >= 0.3 is 0 Å². The first-order valence-corrected chi connectivity index (χ1v) is 5.58. The molecule has 14 heavy (non-hydrogen) atoms. The number of halogens is 1. The predicted molar refractivity (Wildman–Crippen MR) is 59.7 cm³/mol. The summed E-state index contributed by atoms with van der Waals surface area (Å²) in [5.74, 6) is 1.63. The quantitative estimate of drug-likeness (QED) is 0.828. The van der Waals surface area contributed by atoms with Crippen LogP contribution in [-0.2, 0) is 0 Å². The lowest BCUT2D eigenvalue weighted by atomic mass is 10.1. The third kappa shape index (κ3) is 2.38. The van der Waals surface area contributed by atoms with Gasteiger partial charge in [-0.3, -0.25) is 0 Å². The van der Waals surface area contributed by atoms with Gasteiger partial charge in [0.2, 0.25) is 0 Å². The molecule has 0 spiro atoms. The van der Waals surface area contributed by atoms with Crippen molar-refractivity contribution in [2.75, 3.05) is 11.9 Å². The van der Waals surface area contributed by atoms with Crippen LogP contribution in [0.2, 0.25) is 5.02 Å². The van der Waals surface area contributed by atoms with E-state index in [1.54, 1.807) is 6.20 Å². The summed E-state index contributed by atoms with van der Waals surface area (Å²) in [6.07, 6.45) is 7.21. The van der Waals surface area contributed by atoms with Crippen LogP contribution in [0.15, 0.2) is 18.3 Å². The first kappa shape index (κ1) is 9.78. The topological polar surface area (TPSA) is 24.9 Å². The molecule has 76 valence electrons. The van der Waals surface area contributed by atoms with Crippen LogP contribution < -0.4 is 5.32 Å². The fourth-order valence-electron chi connectivity index (χ4n) is 1.97. The molecule has 2 nitrogen and oxygen atoms in total. The Morgan fingerprint density at radius 3 is 2.93 bits per heavy atom. The molecule has 1 N–H and O–H groups in total. The highest BCUT2D eigenvalue weighted by atomic mass is 35.5. The summed E-state index contributed by atoms with van der Waals surface area (Å²) < 4.78 is 0. The van der Waals surface area contributed by atoms with Crippen LogP contribution in [0.25, 0.3) is 0 Å². The van der Waals surface area contributed by atoms with Crippen LogP contribution in [0.3, 0.4) is 0 Å². The molecule has 3 heteroatoms. The van der Waals surface area contributed by atoms with E-state index < -0.39 is 0 Å². The van der Waals surface area contributed by atoms with Crippen LogP contribution in [0.1, 0.15) is 25.7 Å². The van der Waals surface area contributed by atoms with Gasteiger partial charge in [0.1, 0.15) is 5.82 Å². The highest BCUT2D eigenvalue weighted by molar-refractivity contribution is 6.32. The van der Waals surface area contributed by atoms with Crippen LogP contribution in [0.4, 0.5) is 5.82 Å². The van der Waals surface area contributed by atoms with Crippen molar-refractivity contribution >= 4 is 17.4 Å². The zero-order valence-corrected chi connectivity index (χ0v) is 8.93. The Morgan fingerprint density at radius 1 is 1.43 bits per heavy atom. The van der Waals surface area contributed by atoms with Crippen molar-refractivity contribution in [1.29, 1.82) is 0 Å². The van der Waals surface area contributed by atoms with E-state index in [2.05, 4.69) is 10.3 Å². The van der Waals surface area contributed by atoms with Crippen LogP contribution >= 0.6 is 11.6 Å². The molecule has 1 saturated carbocycles. The highest BCUT2D eigenvalue weighted by Gasteiger charge is 2.14. The first-order chi connectivity index (χ1) is 6.86. The van der Waals surface area contributed by atoms with Crippen LogP contribution in [-0.4, -0.2) is 11.5 Å². The fraction of sp³-hybridized carbons (Fsp3) is 0.545. The van der Waals surface area contributed by atoms with Crippen molar-refractivity contribution in [3.05, 3.63) is 23.4 Å². The number of nitrogens with zero attached hydrogens (tertiary/aromatic N) is 1. The molecular weight excluding hydrogens is 196 g/mol. The minimum absolute atomic E-state index is 0.713. The average Bonchev–Trinajstić information content (AvgIpc) is 2.69. The first-order valence-electron chi connectivity index (χ1n) is 5.20. The maximum absolute atomic E-state index is 5.98. The zero-order valence-electron chi connectivity index (χ0n) is 8.17. The van der Waals surface area contributed by atoms with Crippen molar-refractivity contribution in [2.45, 2.75) is 25.7 Å². The van der Waals surface area contributed by atoms with Gasteiger partial charge in [-0.2, -0.15) is 0 Å². The van der Waals surface area contributed by atoms with Gasteiger partial charge < -0.3 is 5.32 Å². The van der Waals surface area contributed by atoms with E-state index in [0.29, 0.717) is 5.02 Å². The molecule has 0 aliphatic heterocycles. The van der Waals surface area contributed by atoms with Gasteiger partial charge in [-0.05, 0) is 30.9 Å². The molecule has 1 fully saturated rings. The monoisotopic (exact) mass is 210 g/mol. The molecule has 0 saturated heterocycles. The van der Waals surface area contributed by atoms with E-state index >= 15 is 0 Å². The van der Waals surface area contributed by atoms with Gasteiger partial charge in [0.15, 0.2) is 0 Å². The second kappa shape index (κ2) is 4.65. The molecule has 1 aliphatic rings. The number of aromatic nitrogens is 1. The molecule has 1 heterocycles. The number of rotatable bonds is 3. The predicted octanol–water partition coefficient (Wildman–Crippen LogP) is 3.34. The van der Waals surface area contributed by atoms with E-state index in [9.17, 15) is 0 Å². The molecule has 1 aromatic heterocycles. The fourth-order valence-corrected chi connectivity index (χ4v) is 2.16. The Labute approximate surface area is 89.7 Å². The maximum atomic E-state index is 5.98. The summed E-state index contributed by atoms with van der Waals surface area (Å²) in [5.41, 5.74) is 0. The van der Waals surface area contributed by atoms with Crippen molar-refractivity contribution in [3.8, 4) is 0 Å². The van der Waals surface area contributed by atoms with Gasteiger partial charge in [-0.25, -0.2) is 4.98 Å². The SMILES string of the molecule is Clc1cccnc1NCC1CCCC1. The second-order valence-electron chi connectivity index (χ2n) is 3.87. The average molecular weight is 211 g/mol. The molecule has 0 radical (unpaired) electrons. The largest absolute Gasteiger partial charge is 0.369 e. The Kier molecular flexibility index (Phi) is 3.25. The molecule has 0 bridgehead atoms. The van der Waals surface area contributed by atoms with E-state index in [4.69, 9.17) is 11.6 Å². The third-order valence-corrected chi connectivity index (χ3v) is 3.10. The third-order valence-electron chi connectivity index (χ3n) is 2.79. The smallest absolute Gasteiger partial charge is 0.144 e. The lowest BCUT2D eigenvalue weighted by Gasteiger charge is -2.11. The number of hydrogen-bond acceptors (Lipinski definition) is 2. The molecular formula is C11H15ClN2. The molecule has 1 aromatic rings. The maximum Gasteiger partial charge on any atom is 0.144 e. The summed E-state index contributed by atoms with van der Waals surface area (Å²) in [6.45, 7) is 1.01. The van der Waals surface area contributed by atoms with Gasteiger partial charge in [0, 0.05) is 12.7 Å². The summed E-state index contributed by atoms with van der Waals surface area (Å²) >= 11 is 5.98. The van der Waals surface area contributed by atoms with Crippen LogP contribution in [0.5, 0.6) is 0 Å². The van der Waals surface area contributed by atoms with Gasteiger partial charge in [-0.15, -0.1) is 0 Å². The summed E-state index contributed by atoms with van der Waals surface area (Å²) in [7, 11) is 0. The standard InChI is InChI=1S/C11H15ClN2/c12-10-6-3-7-13-11(10)14-8-9-4-1-2-5-9/h3,6-7,9H,1-2,4-5,8H2,(H,13,14). The number of pyridine rings is 1. The highest BCUT2D eigenvalue weighted by Crippen LogP contribution is 2.25. The van der Waals surface area contributed by atoms with Gasteiger partial charge in [-0.1, -0.05) is 24.4 Å². The minimum atomic E-state index is 0.713. The van der Waals surface area contributed by atoms with Crippen molar-refractivity contribution in [2.24, 2.45) is 5.92 Å². The van der Waals surface area contributed by atoms with Crippen LogP contribution in [0, 0.1) is 5.92 Å². The second-order valence-corrected chi connectivity index (χ2v) is 4.27. The molecule has 0 amide bonds. The number of hydrogen-bond donors (Lipinski definition) is 1. The van der Waals surface area contributed by atoms with Gasteiger partial charge in [0.05, 0.1) is 5.02 Å². The summed E-state index contributed by atoms with van der Waals surface area (Å²) in [6, 6.07) is 3.72. The van der Waals surface area contributed by atoms with E-state index in [0.717, 1.165) is 18.3 Å². The normalized spacial score (nSPS) is 17.2. The number of anilines is 1. The Bertz CT molecular complexity index is 295. The summed E-state index contributed by atoms with van der Waals surface area (Å²) in [5, 5.41) is 4.03. The van der Waals surface area contributed by atoms with Crippen molar-refractivity contribution in [1.82, 2.24) is 4.98 Å². The zero-order chi connectivity index (χ0) is 9.80. The molecule has 0 unspecified atom stereocenters. The summed E-state index contributed by atoms with van der Waals surface area (Å²) in [4.78, 5) is 4.20. The van der Waals surface area contributed by atoms with E-state index in [-0.39, 0.29) is 0 Å². The van der Waals surface area contributed by atoms with Crippen molar-refractivity contribution in [3.63, 3.8) is 0 Å². The minimum Gasteiger partial charge on any atom is -0.369 e. The molecule has 1 aliphatic carbocycles. The van der Waals surface area contributed by atoms with E-state index in [1.807, 2.05) is 12.1 Å². The molecule has 2 rings (SSSR count). The molecule has 0 aromatic carbocycles. The van der Waals surface area contributed by atoms with Crippen molar-refractivity contribution < 1.29 is 0 Å². The van der Waals surface area contributed by atoms with Gasteiger partial charge in [0.25, 0.3) is 0 Å². The Balaban J connectivity index is 1.88. The lowest BCUT2D eigenvalue weighted by molar-refractivity contribution is 0.579. The Morgan fingerprint density at radius 2 is 2.21 bits per heavy atom. The van der Waals surface area contributed by atoms with E-state index in [1.165, 1.54) is 25.7 Å². The lowest BCUT2D eigenvalue weighted by Crippen LogP contribution is -2.11.